The third-order valence-corrected chi connectivity index (χ3v) is 6.54. The number of urea groups is 1. The highest BCUT2D eigenvalue weighted by molar-refractivity contribution is 5.75. The number of fused-ring (bicyclic) bond motifs is 1. The van der Waals surface area contributed by atoms with Gasteiger partial charge in [0, 0.05) is 49.6 Å². The zero-order valence-corrected chi connectivity index (χ0v) is 18.4. The van der Waals surface area contributed by atoms with Crippen molar-refractivity contribution in [2.24, 2.45) is 0 Å². The van der Waals surface area contributed by atoms with Crippen LogP contribution in [0.25, 0.3) is 0 Å². The fourth-order valence-corrected chi connectivity index (χ4v) is 4.72. The quantitative estimate of drug-likeness (QED) is 0.773. The largest absolute Gasteiger partial charge is 0.341 e. The molecule has 1 fully saturated rings. The number of carbonyl (C=O) groups excluding carboxylic acids is 1. The highest BCUT2D eigenvalue weighted by atomic mass is 19.3. The Labute approximate surface area is 181 Å². The molecule has 0 spiro atoms. The smallest absolute Gasteiger partial charge is 0.317 e. The van der Waals surface area contributed by atoms with E-state index < -0.39 is 6.43 Å². The van der Waals surface area contributed by atoms with E-state index in [4.69, 9.17) is 5.10 Å². The molecular weight excluding hydrogens is 402 g/mol. The molecule has 0 radical (unpaired) electrons. The second kappa shape index (κ2) is 8.80. The van der Waals surface area contributed by atoms with E-state index in [0.29, 0.717) is 36.3 Å². The van der Waals surface area contributed by atoms with Crippen LogP contribution in [0, 0.1) is 6.92 Å². The van der Waals surface area contributed by atoms with Crippen molar-refractivity contribution in [2.75, 3.05) is 25.5 Å². The first kappa shape index (κ1) is 21.5. The van der Waals surface area contributed by atoms with Gasteiger partial charge in [0.05, 0.1) is 24.5 Å². The molecule has 2 aromatic rings. The van der Waals surface area contributed by atoms with Crippen molar-refractivity contribution in [3.8, 4) is 0 Å². The van der Waals surface area contributed by atoms with E-state index >= 15 is 0 Å². The number of aryl methyl sites for hydroxylation is 1. The van der Waals surface area contributed by atoms with E-state index in [1.165, 1.54) is 25.3 Å². The molecule has 4 rings (SSSR count). The molecule has 2 amide bonds. The molecule has 1 aliphatic carbocycles. The van der Waals surface area contributed by atoms with Crippen LogP contribution >= 0.6 is 0 Å². The van der Waals surface area contributed by atoms with Gasteiger partial charge in [-0.1, -0.05) is 19.3 Å². The second-order valence-electron chi connectivity index (χ2n) is 8.44. The Kier molecular flexibility index (Phi) is 6.11. The molecule has 168 valence electrons. The summed E-state index contributed by atoms with van der Waals surface area (Å²) in [4.78, 5) is 20.0. The van der Waals surface area contributed by atoms with Gasteiger partial charge >= 0.3 is 6.03 Å². The number of halogens is 2. The van der Waals surface area contributed by atoms with Crippen LogP contribution in [0.3, 0.4) is 0 Å². The second-order valence-corrected chi connectivity index (χ2v) is 8.44. The van der Waals surface area contributed by atoms with Gasteiger partial charge in [-0.05, 0) is 25.8 Å². The highest BCUT2D eigenvalue weighted by Gasteiger charge is 2.32. The Bertz CT molecular complexity index is 954. The Morgan fingerprint density at radius 1 is 1.29 bits per heavy atom. The molecule has 1 N–H and O–H groups in total. The first-order chi connectivity index (χ1) is 14.9. The zero-order chi connectivity index (χ0) is 22.1. The van der Waals surface area contributed by atoms with Crippen molar-refractivity contribution < 1.29 is 13.6 Å². The van der Waals surface area contributed by atoms with E-state index in [1.54, 1.807) is 25.1 Å². The van der Waals surface area contributed by atoms with Crippen LogP contribution in [0.1, 0.15) is 67.1 Å². The summed E-state index contributed by atoms with van der Waals surface area (Å²) in [5.41, 5.74) is 2.96. The number of aromatic nitrogens is 3. The van der Waals surface area contributed by atoms with Crippen LogP contribution in [0.2, 0.25) is 0 Å². The predicted molar refractivity (Wildman–Crippen MR) is 115 cm³/mol. The van der Waals surface area contributed by atoms with Gasteiger partial charge in [0.15, 0.2) is 5.82 Å². The third-order valence-electron chi connectivity index (χ3n) is 6.54. The molecule has 0 atom stereocenters. The van der Waals surface area contributed by atoms with Crippen molar-refractivity contribution in [3.05, 3.63) is 34.8 Å². The molecule has 0 unspecified atom stereocenters. The maximum Gasteiger partial charge on any atom is 0.317 e. The fourth-order valence-electron chi connectivity index (χ4n) is 4.72. The van der Waals surface area contributed by atoms with Gasteiger partial charge in [-0.25, -0.2) is 13.6 Å². The molecule has 2 aliphatic rings. The molecule has 2 aromatic heterocycles. The Hall–Kier alpha value is -2.71. The maximum absolute atomic E-state index is 13.4. The maximum atomic E-state index is 13.4. The van der Waals surface area contributed by atoms with E-state index in [9.17, 15) is 13.6 Å². The van der Waals surface area contributed by atoms with Crippen molar-refractivity contribution >= 4 is 17.5 Å². The number of rotatable bonds is 4. The number of alkyl halides is 2. The first-order valence-corrected chi connectivity index (χ1v) is 11.0. The van der Waals surface area contributed by atoms with Crippen LogP contribution < -0.4 is 10.2 Å². The van der Waals surface area contributed by atoms with Crippen LogP contribution in [-0.2, 0) is 13.0 Å². The average Bonchev–Trinajstić information content (AvgIpc) is 3.17. The lowest BCUT2D eigenvalue weighted by atomic mass is 9.95. The van der Waals surface area contributed by atoms with Crippen LogP contribution in [-0.4, -0.2) is 46.3 Å². The number of hydrogen-bond donors (Lipinski definition) is 1. The standard InChI is InChI=1S/C22H30F2N6O/c1-14-17(20(23)24)11-16(12-26-14)28(3)21-18-13-29(22(31)25-2)10-9-19(18)30(27-21)15-7-5-4-6-8-15/h11-12,15,20H,4-10,13H2,1-3H3,(H,25,31). The van der Waals surface area contributed by atoms with Gasteiger partial charge < -0.3 is 15.1 Å². The number of hydrogen-bond acceptors (Lipinski definition) is 4. The lowest BCUT2D eigenvalue weighted by molar-refractivity contribution is 0.150. The summed E-state index contributed by atoms with van der Waals surface area (Å²) in [5.74, 6) is 0.708. The van der Waals surface area contributed by atoms with E-state index in [1.807, 2.05) is 11.9 Å². The molecule has 1 aliphatic heterocycles. The molecule has 0 aromatic carbocycles. The number of nitrogens with zero attached hydrogens (tertiary/aromatic N) is 5. The normalized spacial score (nSPS) is 17.0. The van der Waals surface area contributed by atoms with Gasteiger partial charge in [-0.3, -0.25) is 9.67 Å². The van der Waals surface area contributed by atoms with Crippen LogP contribution in [0.5, 0.6) is 0 Å². The lowest BCUT2D eigenvalue weighted by Gasteiger charge is -2.30. The number of anilines is 2. The zero-order valence-electron chi connectivity index (χ0n) is 18.4. The van der Waals surface area contributed by atoms with Crippen molar-refractivity contribution in [2.45, 2.75) is 64.5 Å². The van der Waals surface area contributed by atoms with Gasteiger partial charge in [0.2, 0.25) is 0 Å². The topological polar surface area (TPSA) is 66.3 Å². The minimum Gasteiger partial charge on any atom is -0.341 e. The molecule has 0 saturated heterocycles. The number of carbonyl (C=O) groups is 1. The highest BCUT2D eigenvalue weighted by Crippen LogP contribution is 2.37. The lowest BCUT2D eigenvalue weighted by Crippen LogP contribution is -2.41. The van der Waals surface area contributed by atoms with Gasteiger partial charge in [0.25, 0.3) is 6.43 Å². The average molecular weight is 433 g/mol. The van der Waals surface area contributed by atoms with Crippen LogP contribution in [0.4, 0.5) is 25.1 Å². The van der Waals surface area contributed by atoms with Crippen LogP contribution in [0.15, 0.2) is 12.3 Å². The van der Waals surface area contributed by atoms with Gasteiger partial charge in [-0.2, -0.15) is 5.10 Å². The van der Waals surface area contributed by atoms with Gasteiger partial charge in [0.1, 0.15) is 0 Å². The monoisotopic (exact) mass is 432 g/mol. The summed E-state index contributed by atoms with van der Waals surface area (Å²) < 4.78 is 29.0. The van der Waals surface area contributed by atoms with Crippen molar-refractivity contribution in [3.63, 3.8) is 0 Å². The first-order valence-electron chi connectivity index (χ1n) is 11.0. The minimum atomic E-state index is -2.58. The molecule has 3 heterocycles. The Balaban J connectivity index is 1.75. The third kappa shape index (κ3) is 4.09. The Morgan fingerprint density at radius 2 is 2.03 bits per heavy atom. The minimum absolute atomic E-state index is 0.0723. The molecule has 7 nitrogen and oxygen atoms in total. The predicted octanol–water partition coefficient (Wildman–Crippen LogP) is 4.49. The number of nitrogens with one attached hydrogen (secondary N) is 1. The number of pyridine rings is 1. The van der Waals surface area contributed by atoms with E-state index in [0.717, 1.165) is 30.5 Å². The summed E-state index contributed by atoms with van der Waals surface area (Å²) in [7, 11) is 3.45. The number of amides is 2. The summed E-state index contributed by atoms with van der Waals surface area (Å²) in [6.45, 7) is 2.67. The van der Waals surface area contributed by atoms with Crippen molar-refractivity contribution in [1.29, 1.82) is 0 Å². The summed E-state index contributed by atoms with van der Waals surface area (Å²) >= 11 is 0. The summed E-state index contributed by atoms with van der Waals surface area (Å²) in [5, 5.41) is 7.67. The Morgan fingerprint density at radius 3 is 2.71 bits per heavy atom. The molecular formula is C22H30F2N6O. The van der Waals surface area contributed by atoms with Gasteiger partial charge in [-0.15, -0.1) is 0 Å². The van der Waals surface area contributed by atoms with E-state index in [2.05, 4.69) is 15.0 Å². The van der Waals surface area contributed by atoms with Crippen molar-refractivity contribution in [1.82, 2.24) is 25.0 Å². The summed E-state index contributed by atoms with van der Waals surface area (Å²) in [6.07, 6.45) is 5.57. The summed E-state index contributed by atoms with van der Waals surface area (Å²) in [6, 6.07) is 1.71. The molecule has 31 heavy (non-hydrogen) atoms. The molecule has 1 saturated carbocycles. The SMILES string of the molecule is CNC(=O)N1CCc2c(c(N(C)c3cnc(C)c(C(F)F)c3)nn2C2CCCCC2)C1. The molecule has 0 bridgehead atoms. The van der Waals surface area contributed by atoms with E-state index in [-0.39, 0.29) is 11.6 Å². The fraction of sp³-hybridized carbons (Fsp3) is 0.591. The molecule has 9 heteroatoms.